The molecule has 2 amide bonds. The summed E-state index contributed by atoms with van der Waals surface area (Å²) in [5.74, 6) is -0.471. The van der Waals surface area contributed by atoms with Crippen molar-refractivity contribution in [3.05, 3.63) is 125 Å². The number of rotatable bonds is 6. The average Bonchev–Trinajstić information content (AvgIpc) is 3.61. The van der Waals surface area contributed by atoms with Crippen LogP contribution in [0.25, 0.3) is 34.2 Å². The summed E-state index contributed by atoms with van der Waals surface area (Å²) in [6.07, 6.45) is 4.01. The Kier molecular flexibility index (Phi) is 6.43. The van der Waals surface area contributed by atoms with Gasteiger partial charge in [-0.05, 0) is 54.8 Å². The van der Waals surface area contributed by atoms with Crippen molar-refractivity contribution in [1.29, 1.82) is 5.26 Å². The van der Waals surface area contributed by atoms with Crippen LogP contribution < -0.4 is 0 Å². The summed E-state index contributed by atoms with van der Waals surface area (Å²) in [6.45, 7) is 1.80. The van der Waals surface area contributed by atoms with Crippen LogP contribution in [0.3, 0.4) is 0 Å². The highest BCUT2D eigenvalue weighted by Crippen LogP contribution is 2.33. The fourth-order valence-corrected chi connectivity index (χ4v) is 4.87. The van der Waals surface area contributed by atoms with E-state index in [9.17, 15) is 14.9 Å². The van der Waals surface area contributed by atoms with Crippen LogP contribution in [0, 0.1) is 11.3 Å². The highest BCUT2D eigenvalue weighted by molar-refractivity contribution is 6.19. The highest BCUT2D eigenvalue weighted by Gasteiger charge is 2.35. The Morgan fingerprint density at radius 3 is 2.35 bits per heavy atom. The van der Waals surface area contributed by atoms with Gasteiger partial charge in [-0.25, -0.2) is 4.68 Å². The summed E-state index contributed by atoms with van der Waals surface area (Å²) in [4.78, 5) is 28.0. The van der Waals surface area contributed by atoms with Gasteiger partial charge >= 0.3 is 0 Å². The molecule has 0 bridgehead atoms. The molecule has 3 aromatic carbocycles. The van der Waals surface area contributed by atoms with Gasteiger partial charge < -0.3 is 4.42 Å². The molecule has 3 heterocycles. The first-order valence-electron chi connectivity index (χ1n) is 12.9. The zero-order chi connectivity index (χ0) is 27.6. The lowest BCUT2D eigenvalue weighted by atomic mass is 9.93. The van der Waals surface area contributed by atoms with Gasteiger partial charge in [0.2, 0.25) is 0 Å². The molecule has 40 heavy (non-hydrogen) atoms. The summed E-state index contributed by atoms with van der Waals surface area (Å²) in [6, 6.07) is 30.9. The number of carbonyl (C=O) groups excluding carboxylic acids is 2. The van der Waals surface area contributed by atoms with Crippen LogP contribution in [0.15, 0.2) is 118 Å². The standard InChI is InChI=1S/C33H24N4O3/c1-22-27(32(38)36(33(39)28(22)20-34)17-16-23-10-4-2-5-11-23)18-25-21-37(26-13-6-3-7-14-26)35-31(25)30-19-24-12-8-9-15-29(24)40-30/h2-15,18-19,21H,16-17H2,1H3/b27-18+. The van der Waals surface area contributed by atoms with Crippen LogP contribution in [0.1, 0.15) is 18.1 Å². The minimum atomic E-state index is -0.574. The van der Waals surface area contributed by atoms with E-state index in [-0.39, 0.29) is 17.7 Å². The number of nitrogens with zero attached hydrogens (tertiary/aromatic N) is 4. The van der Waals surface area contributed by atoms with Crippen molar-refractivity contribution in [3.63, 3.8) is 0 Å². The van der Waals surface area contributed by atoms with Crippen molar-refractivity contribution in [2.45, 2.75) is 13.3 Å². The molecule has 0 aliphatic carbocycles. The van der Waals surface area contributed by atoms with Gasteiger partial charge in [-0.15, -0.1) is 0 Å². The van der Waals surface area contributed by atoms with E-state index in [1.54, 1.807) is 17.7 Å². The van der Waals surface area contributed by atoms with Crippen molar-refractivity contribution >= 4 is 28.9 Å². The molecule has 6 rings (SSSR count). The van der Waals surface area contributed by atoms with Gasteiger partial charge in [-0.2, -0.15) is 10.4 Å². The van der Waals surface area contributed by atoms with E-state index in [0.717, 1.165) is 27.1 Å². The minimum Gasteiger partial charge on any atom is -0.454 e. The maximum Gasteiger partial charge on any atom is 0.271 e. The summed E-state index contributed by atoms with van der Waals surface area (Å²) >= 11 is 0. The minimum absolute atomic E-state index is 0.0420. The van der Waals surface area contributed by atoms with E-state index >= 15 is 0 Å². The van der Waals surface area contributed by atoms with Gasteiger partial charge in [0.1, 0.15) is 22.9 Å². The predicted molar refractivity (Wildman–Crippen MR) is 152 cm³/mol. The molecule has 0 saturated heterocycles. The smallest absolute Gasteiger partial charge is 0.271 e. The van der Waals surface area contributed by atoms with Crippen LogP contribution in [-0.2, 0) is 16.0 Å². The van der Waals surface area contributed by atoms with E-state index in [2.05, 4.69) is 0 Å². The third-order valence-electron chi connectivity index (χ3n) is 7.01. The number of hydrogen-bond acceptors (Lipinski definition) is 5. The zero-order valence-corrected chi connectivity index (χ0v) is 21.7. The lowest BCUT2D eigenvalue weighted by Gasteiger charge is -2.27. The molecule has 0 fully saturated rings. The average molecular weight is 525 g/mol. The molecule has 0 radical (unpaired) electrons. The number of nitriles is 1. The maximum atomic E-state index is 13.7. The summed E-state index contributed by atoms with van der Waals surface area (Å²) < 4.78 is 7.86. The molecule has 2 aromatic heterocycles. The molecule has 0 N–H and O–H groups in total. The molecule has 1 aliphatic rings. The number of carbonyl (C=O) groups is 2. The molecular formula is C33H24N4O3. The molecule has 7 heteroatoms. The normalized spacial score (nSPS) is 14.8. The number of aromatic nitrogens is 2. The number of hydrogen-bond donors (Lipinski definition) is 0. The van der Waals surface area contributed by atoms with Crippen molar-refractivity contribution < 1.29 is 14.0 Å². The number of para-hydroxylation sites is 2. The highest BCUT2D eigenvalue weighted by atomic mass is 16.3. The van der Waals surface area contributed by atoms with Crippen LogP contribution in [0.5, 0.6) is 0 Å². The van der Waals surface area contributed by atoms with Gasteiger partial charge in [0.25, 0.3) is 11.8 Å². The number of fused-ring (bicyclic) bond motifs is 1. The quantitative estimate of drug-likeness (QED) is 0.197. The van der Waals surface area contributed by atoms with Crippen molar-refractivity contribution in [1.82, 2.24) is 14.7 Å². The zero-order valence-electron chi connectivity index (χ0n) is 21.7. The van der Waals surface area contributed by atoms with E-state index < -0.39 is 11.8 Å². The largest absolute Gasteiger partial charge is 0.454 e. The number of furan rings is 1. The Labute approximate surface area is 230 Å². The van der Waals surface area contributed by atoms with E-state index in [1.165, 1.54) is 0 Å². The number of amides is 2. The van der Waals surface area contributed by atoms with Crippen molar-refractivity contribution in [2.75, 3.05) is 6.54 Å². The van der Waals surface area contributed by atoms with Gasteiger partial charge in [-0.3, -0.25) is 14.5 Å². The maximum absolute atomic E-state index is 13.7. The third kappa shape index (κ3) is 4.52. The van der Waals surface area contributed by atoms with Gasteiger partial charge in [0.05, 0.1) is 5.69 Å². The van der Waals surface area contributed by atoms with E-state index in [1.807, 2.05) is 103 Å². The van der Waals surface area contributed by atoms with E-state index in [0.29, 0.717) is 29.0 Å². The lowest BCUT2D eigenvalue weighted by Crippen LogP contribution is -2.43. The molecule has 194 valence electrons. The fourth-order valence-electron chi connectivity index (χ4n) is 4.87. The van der Waals surface area contributed by atoms with E-state index in [4.69, 9.17) is 9.52 Å². The molecule has 5 aromatic rings. The number of imide groups is 1. The molecule has 7 nitrogen and oxygen atoms in total. The fraction of sp³-hybridized carbons (Fsp3) is 0.0909. The first-order chi connectivity index (χ1) is 19.5. The van der Waals surface area contributed by atoms with Crippen LogP contribution in [-0.4, -0.2) is 33.0 Å². The van der Waals surface area contributed by atoms with Crippen LogP contribution in [0.2, 0.25) is 0 Å². The Bertz CT molecular complexity index is 1820. The Morgan fingerprint density at radius 2 is 1.62 bits per heavy atom. The second-order valence-corrected chi connectivity index (χ2v) is 9.53. The summed E-state index contributed by atoms with van der Waals surface area (Å²) in [5.41, 5.74) is 4.29. The first kappa shape index (κ1) is 24.8. The van der Waals surface area contributed by atoms with Gasteiger partial charge in [0.15, 0.2) is 5.76 Å². The molecule has 0 spiro atoms. The molecular weight excluding hydrogens is 500 g/mol. The van der Waals surface area contributed by atoms with Crippen LogP contribution in [0.4, 0.5) is 0 Å². The summed E-state index contributed by atoms with van der Waals surface area (Å²) in [7, 11) is 0. The van der Waals surface area contributed by atoms with Crippen LogP contribution >= 0.6 is 0 Å². The second-order valence-electron chi connectivity index (χ2n) is 9.53. The monoisotopic (exact) mass is 524 g/mol. The predicted octanol–water partition coefficient (Wildman–Crippen LogP) is 6.12. The Hall–Kier alpha value is -5.48. The lowest BCUT2D eigenvalue weighted by molar-refractivity contribution is -0.140. The van der Waals surface area contributed by atoms with Gasteiger partial charge in [-0.1, -0.05) is 66.7 Å². The molecule has 1 aliphatic heterocycles. The Balaban J connectivity index is 1.46. The first-order valence-corrected chi connectivity index (χ1v) is 12.9. The molecule has 0 unspecified atom stereocenters. The SMILES string of the molecule is CC1=C(C#N)C(=O)N(CCc2ccccc2)C(=O)/C1=C/c1cn(-c2ccccc2)nc1-c1cc2ccccc2o1. The number of benzene rings is 3. The summed E-state index contributed by atoms with van der Waals surface area (Å²) in [5, 5.41) is 15.6. The second kappa shape index (κ2) is 10.4. The molecule has 0 saturated carbocycles. The Morgan fingerprint density at radius 1 is 0.925 bits per heavy atom. The van der Waals surface area contributed by atoms with Crippen molar-refractivity contribution in [2.24, 2.45) is 0 Å². The van der Waals surface area contributed by atoms with Crippen molar-refractivity contribution in [3.8, 4) is 23.2 Å². The topological polar surface area (TPSA) is 92.1 Å². The molecule has 0 atom stereocenters. The van der Waals surface area contributed by atoms with Gasteiger partial charge in [0, 0.05) is 29.3 Å². The third-order valence-corrected chi connectivity index (χ3v) is 7.01.